The number of alkyl halides is 1. The van der Waals surface area contributed by atoms with Gasteiger partial charge in [0.2, 0.25) is 0 Å². The molecule has 2 aromatic rings. The Hall–Kier alpha value is -0.990. The van der Waals surface area contributed by atoms with Gasteiger partial charge in [0.15, 0.2) is 0 Å². The van der Waals surface area contributed by atoms with E-state index in [0.29, 0.717) is 5.88 Å². The molecule has 1 N–H and O–H groups in total. The molecule has 92 valence electrons. The second kappa shape index (κ2) is 5.11. The van der Waals surface area contributed by atoms with E-state index in [0.717, 1.165) is 18.7 Å². The summed E-state index contributed by atoms with van der Waals surface area (Å²) in [6, 6.07) is 8.15. The topological polar surface area (TPSA) is 25.2 Å². The lowest BCUT2D eigenvalue weighted by Crippen LogP contribution is -2.33. The molecule has 0 unspecified atom stereocenters. The highest BCUT2D eigenvalue weighted by atomic mass is 35.5. The van der Waals surface area contributed by atoms with Crippen molar-refractivity contribution in [1.82, 2.24) is 5.32 Å². The lowest BCUT2D eigenvalue weighted by Gasteiger charge is -2.24. The molecule has 0 aliphatic heterocycles. The van der Waals surface area contributed by atoms with Gasteiger partial charge in [0.1, 0.15) is 5.58 Å². The van der Waals surface area contributed by atoms with Crippen LogP contribution < -0.4 is 5.32 Å². The van der Waals surface area contributed by atoms with E-state index < -0.39 is 0 Å². The zero-order valence-corrected chi connectivity index (χ0v) is 11.1. The van der Waals surface area contributed by atoms with Gasteiger partial charge >= 0.3 is 0 Å². The Morgan fingerprint density at radius 2 is 2.06 bits per heavy atom. The molecule has 0 saturated heterocycles. The molecule has 0 aliphatic carbocycles. The number of hydrogen-bond donors (Lipinski definition) is 1. The summed E-state index contributed by atoms with van der Waals surface area (Å²) >= 11 is 5.67. The van der Waals surface area contributed by atoms with Crippen molar-refractivity contribution in [1.29, 1.82) is 0 Å². The maximum Gasteiger partial charge on any atom is 0.134 e. The highest BCUT2D eigenvalue weighted by molar-refractivity contribution is 6.18. The van der Waals surface area contributed by atoms with Crippen LogP contribution in [0.1, 0.15) is 19.4 Å². The average Bonchev–Trinajstić information content (AvgIpc) is 2.73. The van der Waals surface area contributed by atoms with Crippen LogP contribution in [0.25, 0.3) is 11.0 Å². The standard InChI is InChI=1S/C14H18ClNO/c1-14(2,10-16-8-7-15)12-9-17-13-6-4-3-5-11(12)13/h3-6,9,16H,7-8,10H2,1-2H3. The molecular weight excluding hydrogens is 234 g/mol. The van der Waals surface area contributed by atoms with Crippen LogP contribution in [0, 0.1) is 0 Å². The van der Waals surface area contributed by atoms with Crippen LogP contribution in [0.5, 0.6) is 0 Å². The zero-order valence-electron chi connectivity index (χ0n) is 10.3. The van der Waals surface area contributed by atoms with Gasteiger partial charge in [-0.1, -0.05) is 32.0 Å². The van der Waals surface area contributed by atoms with E-state index in [4.69, 9.17) is 16.0 Å². The normalized spacial score (nSPS) is 12.2. The number of halogens is 1. The van der Waals surface area contributed by atoms with Crippen molar-refractivity contribution < 1.29 is 4.42 Å². The highest BCUT2D eigenvalue weighted by Crippen LogP contribution is 2.31. The Labute approximate surface area is 107 Å². The molecule has 2 nitrogen and oxygen atoms in total. The van der Waals surface area contributed by atoms with E-state index in [-0.39, 0.29) is 5.41 Å². The van der Waals surface area contributed by atoms with Crippen LogP contribution in [0.2, 0.25) is 0 Å². The summed E-state index contributed by atoms with van der Waals surface area (Å²) in [5.74, 6) is 0.641. The van der Waals surface area contributed by atoms with Crippen LogP contribution in [0.4, 0.5) is 0 Å². The fourth-order valence-corrected chi connectivity index (χ4v) is 2.20. The van der Waals surface area contributed by atoms with Gasteiger partial charge in [-0.25, -0.2) is 0 Å². The minimum absolute atomic E-state index is 0.0403. The Morgan fingerprint density at radius 3 is 2.82 bits per heavy atom. The van der Waals surface area contributed by atoms with Crippen molar-refractivity contribution in [2.45, 2.75) is 19.3 Å². The van der Waals surface area contributed by atoms with Crippen molar-refractivity contribution in [3.05, 3.63) is 36.1 Å². The number of hydrogen-bond acceptors (Lipinski definition) is 2. The first-order valence-electron chi connectivity index (χ1n) is 5.88. The van der Waals surface area contributed by atoms with E-state index in [9.17, 15) is 0 Å². The Bertz CT molecular complexity index is 490. The maximum atomic E-state index is 5.67. The molecule has 2 rings (SSSR count). The molecule has 1 aromatic carbocycles. The number of furan rings is 1. The van der Waals surface area contributed by atoms with Crippen molar-refractivity contribution in [3.63, 3.8) is 0 Å². The summed E-state index contributed by atoms with van der Waals surface area (Å²) in [4.78, 5) is 0. The predicted molar refractivity (Wildman–Crippen MR) is 72.8 cm³/mol. The minimum atomic E-state index is 0.0403. The highest BCUT2D eigenvalue weighted by Gasteiger charge is 2.24. The molecule has 1 heterocycles. The lowest BCUT2D eigenvalue weighted by molar-refractivity contribution is 0.472. The third-order valence-electron chi connectivity index (χ3n) is 3.05. The Balaban J connectivity index is 2.25. The van der Waals surface area contributed by atoms with Crippen molar-refractivity contribution in [2.75, 3.05) is 19.0 Å². The fourth-order valence-electron chi connectivity index (χ4n) is 2.06. The smallest absolute Gasteiger partial charge is 0.134 e. The largest absolute Gasteiger partial charge is 0.464 e. The van der Waals surface area contributed by atoms with Gasteiger partial charge in [0, 0.05) is 35.3 Å². The molecule has 0 fully saturated rings. The third-order valence-corrected chi connectivity index (χ3v) is 3.24. The number of rotatable bonds is 5. The van der Waals surface area contributed by atoms with E-state index in [1.54, 1.807) is 0 Å². The van der Waals surface area contributed by atoms with Crippen LogP contribution in [-0.4, -0.2) is 19.0 Å². The minimum Gasteiger partial charge on any atom is -0.464 e. The van der Waals surface area contributed by atoms with Gasteiger partial charge < -0.3 is 9.73 Å². The number of para-hydroxylation sites is 1. The predicted octanol–water partition coefficient (Wildman–Crippen LogP) is 3.54. The van der Waals surface area contributed by atoms with Gasteiger partial charge in [-0.05, 0) is 6.07 Å². The summed E-state index contributed by atoms with van der Waals surface area (Å²) in [6.07, 6.45) is 1.87. The lowest BCUT2D eigenvalue weighted by atomic mass is 9.84. The first-order chi connectivity index (χ1) is 8.15. The third kappa shape index (κ3) is 2.64. The number of benzene rings is 1. The average molecular weight is 252 g/mol. The number of fused-ring (bicyclic) bond motifs is 1. The molecule has 1 aromatic heterocycles. The summed E-state index contributed by atoms with van der Waals surface area (Å²) < 4.78 is 5.59. The molecule has 0 bridgehead atoms. The van der Waals surface area contributed by atoms with E-state index >= 15 is 0 Å². The maximum absolute atomic E-state index is 5.67. The van der Waals surface area contributed by atoms with E-state index in [1.807, 2.05) is 24.5 Å². The summed E-state index contributed by atoms with van der Waals surface area (Å²) in [6.45, 7) is 6.15. The van der Waals surface area contributed by atoms with Crippen molar-refractivity contribution in [2.24, 2.45) is 0 Å². The number of nitrogens with one attached hydrogen (secondary N) is 1. The van der Waals surface area contributed by atoms with Crippen LogP contribution in [-0.2, 0) is 5.41 Å². The van der Waals surface area contributed by atoms with E-state index in [2.05, 4.69) is 25.2 Å². The zero-order chi connectivity index (χ0) is 12.3. The molecule has 0 aliphatic rings. The molecule has 0 radical (unpaired) electrons. The van der Waals surface area contributed by atoms with Gasteiger partial charge in [0.05, 0.1) is 6.26 Å². The Kier molecular flexibility index (Phi) is 3.75. The SMILES string of the molecule is CC(C)(CNCCCl)c1coc2ccccc12. The molecule has 0 spiro atoms. The second-order valence-corrected chi connectivity index (χ2v) is 5.27. The summed E-state index contributed by atoms with van der Waals surface area (Å²) in [5, 5.41) is 4.55. The quantitative estimate of drug-likeness (QED) is 0.650. The second-order valence-electron chi connectivity index (χ2n) is 4.90. The van der Waals surface area contributed by atoms with Crippen LogP contribution in [0.3, 0.4) is 0 Å². The summed E-state index contributed by atoms with van der Waals surface area (Å²) in [7, 11) is 0. The van der Waals surface area contributed by atoms with Crippen LogP contribution in [0.15, 0.2) is 34.9 Å². The van der Waals surface area contributed by atoms with Gasteiger partial charge in [-0.15, -0.1) is 11.6 Å². The first-order valence-corrected chi connectivity index (χ1v) is 6.42. The van der Waals surface area contributed by atoms with Gasteiger partial charge in [-0.2, -0.15) is 0 Å². The molecule has 0 saturated carbocycles. The van der Waals surface area contributed by atoms with Crippen molar-refractivity contribution in [3.8, 4) is 0 Å². The molecule has 3 heteroatoms. The molecular formula is C14H18ClNO. The monoisotopic (exact) mass is 251 g/mol. The molecule has 17 heavy (non-hydrogen) atoms. The van der Waals surface area contributed by atoms with E-state index in [1.165, 1.54) is 10.9 Å². The summed E-state index contributed by atoms with van der Waals surface area (Å²) in [5.41, 5.74) is 2.24. The van der Waals surface area contributed by atoms with Crippen LogP contribution >= 0.6 is 11.6 Å². The molecule has 0 atom stereocenters. The van der Waals surface area contributed by atoms with Gasteiger partial charge in [0.25, 0.3) is 0 Å². The Morgan fingerprint density at radius 1 is 1.29 bits per heavy atom. The molecule has 0 amide bonds. The fraction of sp³-hybridized carbons (Fsp3) is 0.429. The first kappa shape index (κ1) is 12.5. The van der Waals surface area contributed by atoms with Gasteiger partial charge in [-0.3, -0.25) is 0 Å². The van der Waals surface area contributed by atoms with Crippen molar-refractivity contribution >= 4 is 22.6 Å².